The van der Waals surface area contributed by atoms with Gasteiger partial charge in [0.15, 0.2) is 5.16 Å². The van der Waals surface area contributed by atoms with Gasteiger partial charge in [0.2, 0.25) is 5.91 Å². The van der Waals surface area contributed by atoms with Gasteiger partial charge in [0, 0.05) is 12.2 Å². The summed E-state index contributed by atoms with van der Waals surface area (Å²) >= 11 is 1.24. The molecule has 0 fully saturated rings. The zero-order chi connectivity index (χ0) is 19.2. The number of benzene rings is 2. The van der Waals surface area contributed by atoms with Crippen LogP contribution >= 0.6 is 11.8 Å². The van der Waals surface area contributed by atoms with Crippen LogP contribution in [0.2, 0.25) is 0 Å². The molecular formula is C21H21N3O2S. The van der Waals surface area contributed by atoms with Crippen LogP contribution in [0.4, 0.5) is 5.69 Å². The van der Waals surface area contributed by atoms with Crippen molar-refractivity contribution >= 4 is 34.3 Å². The van der Waals surface area contributed by atoms with Gasteiger partial charge < -0.3 is 5.32 Å². The summed E-state index contributed by atoms with van der Waals surface area (Å²) in [5.41, 5.74) is 2.48. The lowest BCUT2D eigenvalue weighted by Crippen LogP contribution is -2.23. The molecule has 0 aliphatic carbocycles. The Labute approximate surface area is 162 Å². The van der Waals surface area contributed by atoms with E-state index in [1.165, 1.54) is 17.3 Å². The predicted octanol–water partition coefficient (Wildman–Crippen LogP) is 3.88. The van der Waals surface area contributed by atoms with E-state index in [2.05, 4.69) is 23.8 Å². The third kappa shape index (κ3) is 4.46. The number of thioether (sulfide) groups is 1. The number of fused-ring (bicyclic) bond motifs is 1. The van der Waals surface area contributed by atoms with E-state index in [1.807, 2.05) is 36.4 Å². The van der Waals surface area contributed by atoms with Crippen molar-refractivity contribution in [3.63, 3.8) is 0 Å². The van der Waals surface area contributed by atoms with Crippen LogP contribution in [0.15, 0.2) is 71.1 Å². The van der Waals surface area contributed by atoms with Crippen LogP contribution in [0.1, 0.15) is 12.5 Å². The SMILES string of the molecule is C=CCn1c(SCC(=O)Nc2ccc(CC)cc2)nc2ccccc2c1=O. The van der Waals surface area contributed by atoms with Crippen molar-refractivity contribution in [3.8, 4) is 0 Å². The van der Waals surface area contributed by atoms with E-state index in [0.717, 1.165) is 12.1 Å². The minimum atomic E-state index is -0.142. The molecule has 1 aromatic heterocycles. The van der Waals surface area contributed by atoms with Crippen LogP contribution in [-0.4, -0.2) is 21.2 Å². The molecule has 0 aliphatic rings. The average molecular weight is 379 g/mol. The first-order valence-corrected chi connectivity index (χ1v) is 9.73. The van der Waals surface area contributed by atoms with E-state index in [4.69, 9.17) is 0 Å². The van der Waals surface area contributed by atoms with Gasteiger partial charge in [-0.25, -0.2) is 4.98 Å². The van der Waals surface area contributed by atoms with Gasteiger partial charge in [0.05, 0.1) is 16.7 Å². The summed E-state index contributed by atoms with van der Waals surface area (Å²) in [5.74, 6) is 0.0223. The lowest BCUT2D eigenvalue weighted by Gasteiger charge is -2.11. The van der Waals surface area contributed by atoms with Crippen molar-refractivity contribution in [2.24, 2.45) is 0 Å². The molecular weight excluding hydrogens is 358 g/mol. The fourth-order valence-corrected chi connectivity index (χ4v) is 3.51. The maximum Gasteiger partial charge on any atom is 0.262 e. The topological polar surface area (TPSA) is 64.0 Å². The van der Waals surface area contributed by atoms with Crippen LogP contribution in [0.3, 0.4) is 0 Å². The highest BCUT2D eigenvalue weighted by Gasteiger charge is 2.12. The van der Waals surface area contributed by atoms with Gasteiger partial charge >= 0.3 is 0 Å². The monoisotopic (exact) mass is 379 g/mol. The number of aryl methyl sites for hydroxylation is 1. The fourth-order valence-electron chi connectivity index (χ4n) is 2.70. The largest absolute Gasteiger partial charge is 0.325 e. The Bertz CT molecular complexity index is 1030. The maximum absolute atomic E-state index is 12.7. The number of carbonyl (C=O) groups excluding carboxylic acids is 1. The van der Waals surface area contributed by atoms with Gasteiger partial charge in [-0.1, -0.05) is 49.0 Å². The van der Waals surface area contributed by atoms with Crippen molar-refractivity contribution in [1.82, 2.24) is 9.55 Å². The van der Waals surface area contributed by atoms with Crippen molar-refractivity contribution < 1.29 is 4.79 Å². The lowest BCUT2D eigenvalue weighted by atomic mass is 10.1. The number of para-hydroxylation sites is 1. The second kappa shape index (κ2) is 8.68. The zero-order valence-electron chi connectivity index (χ0n) is 15.1. The summed E-state index contributed by atoms with van der Waals surface area (Å²) in [6.45, 7) is 6.14. The van der Waals surface area contributed by atoms with Crippen LogP contribution in [-0.2, 0) is 17.8 Å². The molecule has 0 saturated carbocycles. The number of anilines is 1. The Morgan fingerprint density at radius 3 is 2.67 bits per heavy atom. The van der Waals surface area contributed by atoms with Crippen molar-refractivity contribution in [2.45, 2.75) is 25.0 Å². The van der Waals surface area contributed by atoms with Gasteiger partial charge in [0.1, 0.15) is 0 Å². The summed E-state index contributed by atoms with van der Waals surface area (Å²) in [6, 6.07) is 15.0. The number of nitrogens with zero attached hydrogens (tertiary/aromatic N) is 2. The van der Waals surface area contributed by atoms with Crippen LogP contribution < -0.4 is 10.9 Å². The fraction of sp³-hybridized carbons (Fsp3) is 0.190. The Hall–Kier alpha value is -2.86. The first-order chi connectivity index (χ1) is 13.1. The number of carbonyl (C=O) groups is 1. The third-order valence-electron chi connectivity index (χ3n) is 4.12. The highest BCUT2D eigenvalue weighted by molar-refractivity contribution is 7.99. The molecule has 0 saturated heterocycles. The third-order valence-corrected chi connectivity index (χ3v) is 5.09. The normalized spacial score (nSPS) is 10.7. The summed E-state index contributed by atoms with van der Waals surface area (Å²) in [7, 11) is 0. The Kier molecular flexibility index (Phi) is 6.08. The number of allylic oxidation sites excluding steroid dienone is 1. The second-order valence-corrected chi connectivity index (χ2v) is 6.95. The first kappa shape index (κ1) is 18.9. The molecule has 3 rings (SSSR count). The molecule has 0 unspecified atom stereocenters. The van der Waals surface area contributed by atoms with E-state index in [1.54, 1.807) is 22.8 Å². The molecule has 3 aromatic rings. The Balaban J connectivity index is 1.77. The molecule has 27 heavy (non-hydrogen) atoms. The molecule has 0 atom stereocenters. The van der Waals surface area contributed by atoms with E-state index >= 15 is 0 Å². The predicted molar refractivity (Wildman–Crippen MR) is 111 cm³/mol. The molecule has 0 aliphatic heterocycles. The number of rotatable bonds is 7. The summed E-state index contributed by atoms with van der Waals surface area (Å²) in [4.78, 5) is 29.5. The van der Waals surface area contributed by atoms with Crippen LogP contribution in [0, 0.1) is 0 Å². The molecule has 1 amide bonds. The molecule has 0 bridgehead atoms. The second-order valence-electron chi connectivity index (χ2n) is 6.00. The highest BCUT2D eigenvalue weighted by atomic mass is 32.2. The number of nitrogens with one attached hydrogen (secondary N) is 1. The minimum absolute atomic E-state index is 0.126. The van der Waals surface area contributed by atoms with Gasteiger partial charge in [0.25, 0.3) is 5.56 Å². The highest BCUT2D eigenvalue weighted by Crippen LogP contribution is 2.18. The van der Waals surface area contributed by atoms with Crippen molar-refractivity contribution in [2.75, 3.05) is 11.1 Å². The number of amides is 1. The van der Waals surface area contributed by atoms with E-state index in [-0.39, 0.29) is 17.2 Å². The standard InChI is InChI=1S/C21H21N3O2S/c1-3-13-24-20(26)17-7-5-6-8-18(17)23-21(24)27-14-19(25)22-16-11-9-15(4-2)10-12-16/h3,5-12H,1,4,13-14H2,2H3,(H,22,25). The summed E-state index contributed by atoms with van der Waals surface area (Å²) in [5, 5.41) is 3.94. The quantitative estimate of drug-likeness (QED) is 0.384. The molecule has 1 N–H and O–H groups in total. The summed E-state index contributed by atoms with van der Waals surface area (Å²) < 4.78 is 1.54. The lowest BCUT2D eigenvalue weighted by molar-refractivity contribution is -0.113. The molecule has 6 heteroatoms. The molecule has 138 valence electrons. The van der Waals surface area contributed by atoms with E-state index < -0.39 is 0 Å². The summed E-state index contributed by atoms with van der Waals surface area (Å²) in [6.07, 6.45) is 2.61. The van der Waals surface area contributed by atoms with Gasteiger partial charge in [-0.3, -0.25) is 14.2 Å². The molecule has 0 radical (unpaired) electrons. The Morgan fingerprint density at radius 1 is 1.22 bits per heavy atom. The van der Waals surface area contributed by atoms with Gasteiger partial charge in [-0.05, 0) is 36.2 Å². The van der Waals surface area contributed by atoms with Crippen LogP contribution in [0.5, 0.6) is 0 Å². The van der Waals surface area contributed by atoms with Gasteiger partial charge in [-0.15, -0.1) is 6.58 Å². The molecule has 0 spiro atoms. The molecule has 2 aromatic carbocycles. The maximum atomic E-state index is 12.7. The average Bonchev–Trinajstić information content (AvgIpc) is 2.69. The van der Waals surface area contributed by atoms with Crippen LogP contribution in [0.25, 0.3) is 10.9 Å². The van der Waals surface area contributed by atoms with Gasteiger partial charge in [-0.2, -0.15) is 0 Å². The smallest absolute Gasteiger partial charge is 0.262 e. The zero-order valence-corrected chi connectivity index (χ0v) is 16.0. The van der Waals surface area contributed by atoms with E-state index in [0.29, 0.717) is 22.6 Å². The number of aromatic nitrogens is 2. The molecule has 1 heterocycles. The number of hydrogen-bond acceptors (Lipinski definition) is 4. The minimum Gasteiger partial charge on any atom is -0.325 e. The molecule has 5 nitrogen and oxygen atoms in total. The van der Waals surface area contributed by atoms with Crippen molar-refractivity contribution in [1.29, 1.82) is 0 Å². The van der Waals surface area contributed by atoms with Crippen molar-refractivity contribution in [3.05, 3.63) is 77.1 Å². The first-order valence-electron chi connectivity index (χ1n) is 8.74. The van der Waals surface area contributed by atoms with E-state index in [9.17, 15) is 9.59 Å². The number of hydrogen-bond donors (Lipinski definition) is 1. The Morgan fingerprint density at radius 2 is 1.96 bits per heavy atom.